The Kier molecular flexibility index (Phi) is 6.36. The third kappa shape index (κ3) is 5.85. The van der Waals surface area contributed by atoms with E-state index in [2.05, 4.69) is 23.9 Å². The van der Waals surface area contributed by atoms with Crippen LogP contribution in [-0.2, 0) is 14.8 Å². The van der Waals surface area contributed by atoms with Crippen molar-refractivity contribution in [3.8, 4) is 0 Å². The lowest BCUT2D eigenvalue weighted by molar-refractivity contribution is -0.121. The molecule has 5 nitrogen and oxygen atoms in total. The maximum atomic E-state index is 12.1. The van der Waals surface area contributed by atoms with E-state index in [1.54, 1.807) is 12.1 Å². The number of carbonyl (C=O) groups excluding carboxylic acids is 1. The fraction of sp³-hybridized carbons (Fsp3) is 0.533. The molecule has 1 aromatic carbocycles. The van der Waals surface area contributed by atoms with Crippen molar-refractivity contribution in [2.24, 2.45) is 0 Å². The first-order valence-corrected chi connectivity index (χ1v) is 8.59. The summed E-state index contributed by atoms with van der Waals surface area (Å²) < 4.78 is 26.6. The summed E-state index contributed by atoms with van der Waals surface area (Å²) in [4.78, 5) is 11.7. The van der Waals surface area contributed by atoms with Crippen LogP contribution in [0.15, 0.2) is 29.2 Å². The van der Waals surface area contributed by atoms with E-state index in [4.69, 9.17) is 0 Å². The molecule has 0 aromatic heterocycles. The summed E-state index contributed by atoms with van der Waals surface area (Å²) in [5, 5.41) is 2.71. The first-order valence-electron chi connectivity index (χ1n) is 7.11. The minimum atomic E-state index is -3.56. The van der Waals surface area contributed by atoms with Crippen molar-refractivity contribution in [1.29, 1.82) is 0 Å². The van der Waals surface area contributed by atoms with E-state index in [0.29, 0.717) is 5.92 Å². The molecule has 2 N–H and O–H groups in total. The summed E-state index contributed by atoms with van der Waals surface area (Å²) in [5.41, 5.74) is 1.09. The standard InChI is InChI=1S/C15H24N2O3S/c1-11(2)13-5-7-14(8-6-13)21(19,20)16-10-9-15(18)17-12(3)4/h5-8,11-12,16H,9-10H2,1-4H3,(H,17,18). The van der Waals surface area contributed by atoms with Gasteiger partial charge in [0.05, 0.1) is 4.90 Å². The normalized spacial score (nSPS) is 11.9. The van der Waals surface area contributed by atoms with Crippen molar-refractivity contribution in [3.63, 3.8) is 0 Å². The molecular formula is C15H24N2O3S. The molecule has 0 aliphatic rings. The van der Waals surface area contributed by atoms with Gasteiger partial charge in [0.25, 0.3) is 0 Å². The molecule has 0 aliphatic carbocycles. The summed E-state index contributed by atoms with van der Waals surface area (Å²) in [6, 6.07) is 6.85. The number of sulfonamides is 1. The fourth-order valence-electron chi connectivity index (χ4n) is 1.81. The molecule has 0 saturated carbocycles. The maximum Gasteiger partial charge on any atom is 0.240 e. The zero-order valence-electron chi connectivity index (χ0n) is 13.0. The Labute approximate surface area is 127 Å². The van der Waals surface area contributed by atoms with Crippen LogP contribution in [0.2, 0.25) is 0 Å². The smallest absolute Gasteiger partial charge is 0.240 e. The predicted molar refractivity (Wildman–Crippen MR) is 83.6 cm³/mol. The van der Waals surface area contributed by atoms with Gasteiger partial charge in [-0.25, -0.2) is 13.1 Å². The van der Waals surface area contributed by atoms with E-state index < -0.39 is 10.0 Å². The van der Waals surface area contributed by atoms with Gasteiger partial charge in [0, 0.05) is 19.0 Å². The Hall–Kier alpha value is -1.40. The van der Waals surface area contributed by atoms with Crippen LogP contribution in [0, 0.1) is 0 Å². The van der Waals surface area contributed by atoms with Crippen LogP contribution in [-0.4, -0.2) is 26.9 Å². The molecule has 0 aliphatic heterocycles. The summed E-state index contributed by atoms with van der Waals surface area (Å²) in [5.74, 6) is 0.192. The minimum Gasteiger partial charge on any atom is -0.354 e. The van der Waals surface area contributed by atoms with Gasteiger partial charge < -0.3 is 5.32 Å². The first-order chi connectivity index (χ1) is 9.72. The zero-order valence-corrected chi connectivity index (χ0v) is 13.8. The molecule has 0 fully saturated rings. The van der Waals surface area contributed by atoms with Crippen molar-refractivity contribution in [3.05, 3.63) is 29.8 Å². The van der Waals surface area contributed by atoms with Crippen molar-refractivity contribution < 1.29 is 13.2 Å². The van der Waals surface area contributed by atoms with E-state index in [1.807, 2.05) is 26.0 Å². The fourth-order valence-corrected chi connectivity index (χ4v) is 2.84. The quantitative estimate of drug-likeness (QED) is 0.808. The summed E-state index contributed by atoms with van der Waals surface area (Å²) in [7, 11) is -3.56. The topological polar surface area (TPSA) is 75.3 Å². The van der Waals surface area contributed by atoms with Gasteiger partial charge in [-0.2, -0.15) is 0 Å². The van der Waals surface area contributed by atoms with Crippen LogP contribution in [0.4, 0.5) is 0 Å². The average Bonchev–Trinajstić information content (AvgIpc) is 2.37. The van der Waals surface area contributed by atoms with E-state index in [1.165, 1.54) is 0 Å². The second kappa shape index (κ2) is 7.56. The molecule has 1 aromatic rings. The molecule has 6 heteroatoms. The Balaban J connectivity index is 2.59. The largest absolute Gasteiger partial charge is 0.354 e. The van der Waals surface area contributed by atoms with Crippen LogP contribution in [0.25, 0.3) is 0 Å². The molecule has 21 heavy (non-hydrogen) atoms. The molecule has 1 amide bonds. The molecule has 118 valence electrons. The van der Waals surface area contributed by atoms with Crippen LogP contribution in [0.5, 0.6) is 0 Å². The number of benzene rings is 1. The van der Waals surface area contributed by atoms with Crippen LogP contribution in [0.3, 0.4) is 0 Å². The molecule has 0 radical (unpaired) electrons. The number of hydrogen-bond donors (Lipinski definition) is 2. The van der Waals surface area contributed by atoms with E-state index in [-0.39, 0.29) is 29.8 Å². The molecule has 0 heterocycles. The Morgan fingerprint density at radius 1 is 1.10 bits per heavy atom. The van der Waals surface area contributed by atoms with Gasteiger partial charge in [-0.05, 0) is 37.5 Å². The van der Waals surface area contributed by atoms with E-state index in [0.717, 1.165) is 5.56 Å². The number of amides is 1. The van der Waals surface area contributed by atoms with Crippen molar-refractivity contribution in [2.75, 3.05) is 6.54 Å². The molecule has 0 atom stereocenters. The molecular weight excluding hydrogens is 288 g/mol. The molecule has 0 spiro atoms. The minimum absolute atomic E-state index is 0.0534. The predicted octanol–water partition coefficient (Wildman–Crippen LogP) is 2.00. The maximum absolute atomic E-state index is 12.1. The highest BCUT2D eigenvalue weighted by Crippen LogP contribution is 2.17. The van der Waals surface area contributed by atoms with Crippen LogP contribution in [0.1, 0.15) is 45.6 Å². The monoisotopic (exact) mass is 312 g/mol. The van der Waals surface area contributed by atoms with Gasteiger partial charge in [0.15, 0.2) is 0 Å². The summed E-state index contributed by atoms with van der Waals surface area (Å²) >= 11 is 0. The van der Waals surface area contributed by atoms with E-state index >= 15 is 0 Å². The van der Waals surface area contributed by atoms with Crippen molar-refractivity contribution >= 4 is 15.9 Å². The Morgan fingerprint density at radius 3 is 2.14 bits per heavy atom. The van der Waals surface area contributed by atoms with Crippen LogP contribution < -0.4 is 10.0 Å². The number of hydrogen-bond acceptors (Lipinski definition) is 3. The first kappa shape index (κ1) is 17.7. The number of nitrogens with one attached hydrogen (secondary N) is 2. The second-order valence-electron chi connectivity index (χ2n) is 5.59. The highest BCUT2D eigenvalue weighted by Gasteiger charge is 2.14. The third-order valence-corrected chi connectivity index (χ3v) is 4.43. The number of rotatable bonds is 7. The van der Waals surface area contributed by atoms with E-state index in [9.17, 15) is 13.2 Å². The molecule has 0 unspecified atom stereocenters. The van der Waals surface area contributed by atoms with Crippen LogP contribution >= 0.6 is 0 Å². The van der Waals surface area contributed by atoms with Gasteiger partial charge in [-0.1, -0.05) is 26.0 Å². The molecule has 0 saturated heterocycles. The highest BCUT2D eigenvalue weighted by atomic mass is 32.2. The zero-order chi connectivity index (χ0) is 16.0. The van der Waals surface area contributed by atoms with Gasteiger partial charge in [-0.3, -0.25) is 4.79 Å². The summed E-state index contributed by atoms with van der Waals surface area (Å²) in [6.07, 6.45) is 0.126. The average molecular weight is 312 g/mol. The Bertz CT molecular complexity index is 563. The van der Waals surface area contributed by atoms with Crippen molar-refractivity contribution in [2.45, 2.75) is 51.0 Å². The lowest BCUT2D eigenvalue weighted by Crippen LogP contribution is -2.34. The SMILES string of the molecule is CC(C)NC(=O)CCNS(=O)(=O)c1ccc(C(C)C)cc1. The lowest BCUT2D eigenvalue weighted by atomic mass is 10.0. The van der Waals surface area contributed by atoms with Gasteiger partial charge in [-0.15, -0.1) is 0 Å². The van der Waals surface area contributed by atoms with Gasteiger partial charge in [0.1, 0.15) is 0 Å². The van der Waals surface area contributed by atoms with Gasteiger partial charge in [0.2, 0.25) is 15.9 Å². The highest BCUT2D eigenvalue weighted by molar-refractivity contribution is 7.89. The third-order valence-electron chi connectivity index (χ3n) is 2.95. The second-order valence-corrected chi connectivity index (χ2v) is 7.36. The van der Waals surface area contributed by atoms with Crippen molar-refractivity contribution in [1.82, 2.24) is 10.0 Å². The lowest BCUT2D eigenvalue weighted by Gasteiger charge is -2.10. The molecule has 1 rings (SSSR count). The van der Waals surface area contributed by atoms with Gasteiger partial charge >= 0.3 is 0 Å². The summed E-state index contributed by atoms with van der Waals surface area (Å²) in [6.45, 7) is 7.91. The molecule has 0 bridgehead atoms. The Morgan fingerprint density at radius 2 is 1.67 bits per heavy atom. The number of carbonyl (C=O) groups is 1.